The van der Waals surface area contributed by atoms with Gasteiger partial charge in [0.05, 0.1) is 6.10 Å². The van der Waals surface area contributed by atoms with E-state index < -0.39 is 0 Å². The number of hydrogen-bond acceptors (Lipinski definition) is 3. The van der Waals surface area contributed by atoms with Crippen molar-refractivity contribution in [2.75, 3.05) is 13.1 Å². The molecular formula is C23H30N2O3. The average molecular weight is 383 g/mol. The van der Waals surface area contributed by atoms with E-state index in [1.165, 1.54) is 5.56 Å². The lowest BCUT2D eigenvalue weighted by Gasteiger charge is -2.57. The Bertz CT molecular complexity index is 745. The molecule has 4 atom stereocenters. The Morgan fingerprint density at radius 2 is 1.82 bits per heavy atom. The molecule has 0 spiro atoms. The highest BCUT2D eigenvalue weighted by Gasteiger charge is 2.50. The van der Waals surface area contributed by atoms with Gasteiger partial charge in [-0.1, -0.05) is 30.3 Å². The third-order valence-electron chi connectivity index (χ3n) is 7.56. The minimum Gasteiger partial charge on any atom is -0.393 e. The van der Waals surface area contributed by atoms with E-state index in [4.69, 9.17) is 0 Å². The Kier molecular flexibility index (Phi) is 4.66. The van der Waals surface area contributed by atoms with E-state index in [0.717, 1.165) is 38.8 Å². The van der Waals surface area contributed by atoms with E-state index in [0.29, 0.717) is 37.0 Å². The maximum absolute atomic E-state index is 13.0. The van der Waals surface area contributed by atoms with E-state index >= 15 is 0 Å². The van der Waals surface area contributed by atoms with Gasteiger partial charge in [0.2, 0.25) is 11.8 Å². The molecule has 5 rings (SSSR count). The number of piperidine rings is 3. The first-order chi connectivity index (χ1) is 13.6. The SMILES string of the molecule is O=C(C1CC(O)C1)N1C[C@H]2C[C@@H](C1)[C@H](Cc1ccccc1)N1C(=O)CCC[C@@H]21. The standard InChI is InChI=1S/C23H30N2O3/c26-19-11-16(12-19)23(28)24-13-17-10-18(14-24)21(9-15-5-2-1-3-6-15)25-20(17)7-4-8-22(25)27/h1-3,5-6,16-21,26H,4,7-14H2/t16?,17-,18+,19?,20+,21+/m1/s1. The van der Waals surface area contributed by atoms with Gasteiger partial charge in [0.25, 0.3) is 0 Å². The lowest BCUT2D eigenvalue weighted by Crippen LogP contribution is -2.66. The van der Waals surface area contributed by atoms with Crippen molar-refractivity contribution in [3.05, 3.63) is 35.9 Å². The Balaban J connectivity index is 1.40. The summed E-state index contributed by atoms with van der Waals surface area (Å²) in [4.78, 5) is 30.2. The van der Waals surface area contributed by atoms with Crippen molar-refractivity contribution in [3.8, 4) is 0 Å². The molecule has 1 aromatic carbocycles. The van der Waals surface area contributed by atoms with Crippen LogP contribution in [0, 0.1) is 17.8 Å². The number of nitrogens with zero attached hydrogens (tertiary/aromatic N) is 2. The van der Waals surface area contributed by atoms with E-state index in [9.17, 15) is 14.7 Å². The van der Waals surface area contributed by atoms with E-state index in [-0.39, 0.29) is 30.0 Å². The van der Waals surface area contributed by atoms with Crippen LogP contribution in [0.1, 0.15) is 44.1 Å². The van der Waals surface area contributed by atoms with Crippen LogP contribution in [0.25, 0.3) is 0 Å². The highest BCUT2D eigenvalue weighted by atomic mass is 16.3. The summed E-state index contributed by atoms with van der Waals surface area (Å²) in [5, 5.41) is 9.60. The molecule has 2 amide bonds. The third-order valence-corrected chi connectivity index (χ3v) is 7.56. The number of aliphatic hydroxyl groups excluding tert-OH is 1. The van der Waals surface area contributed by atoms with E-state index in [1.807, 2.05) is 6.07 Å². The summed E-state index contributed by atoms with van der Waals surface area (Å²) in [5.41, 5.74) is 1.27. The molecule has 0 radical (unpaired) electrons. The number of rotatable bonds is 3. The molecule has 1 aromatic rings. The second-order valence-corrected chi connectivity index (χ2v) is 9.34. The van der Waals surface area contributed by atoms with Crippen molar-refractivity contribution < 1.29 is 14.7 Å². The molecule has 4 fully saturated rings. The molecule has 28 heavy (non-hydrogen) atoms. The molecule has 3 heterocycles. The third kappa shape index (κ3) is 3.14. The molecular weight excluding hydrogens is 352 g/mol. The average Bonchev–Trinajstić information content (AvgIpc) is 2.69. The predicted molar refractivity (Wildman–Crippen MR) is 105 cm³/mol. The van der Waals surface area contributed by atoms with Gasteiger partial charge in [0.15, 0.2) is 0 Å². The summed E-state index contributed by atoms with van der Waals surface area (Å²) in [6.45, 7) is 1.55. The molecule has 1 saturated carbocycles. The van der Waals surface area contributed by atoms with Crippen LogP contribution in [-0.4, -0.2) is 58.0 Å². The van der Waals surface area contributed by atoms with Crippen molar-refractivity contribution in [3.63, 3.8) is 0 Å². The van der Waals surface area contributed by atoms with Gasteiger partial charge < -0.3 is 14.9 Å². The van der Waals surface area contributed by atoms with Gasteiger partial charge in [-0.15, -0.1) is 0 Å². The minimum absolute atomic E-state index is 0.00508. The Hall–Kier alpha value is -1.88. The molecule has 3 aliphatic heterocycles. The quantitative estimate of drug-likeness (QED) is 0.872. The van der Waals surface area contributed by atoms with Crippen LogP contribution >= 0.6 is 0 Å². The van der Waals surface area contributed by atoms with Crippen molar-refractivity contribution in [2.24, 2.45) is 17.8 Å². The van der Waals surface area contributed by atoms with Crippen LogP contribution < -0.4 is 0 Å². The second kappa shape index (κ2) is 7.18. The fourth-order valence-corrected chi connectivity index (χ4v) is 6.12. The first-order valence-electron chi connectivity index (χ1n) is 10.9. The van der Waals surface area contributed by atoms with E-state index in [2.05, 4.69) is 34.1 Å². The second-order valence-electron chi connectivity index (χ2n) is 9.34. The number of aliphatic hydroxyl groups is 1. The number of amides is 2. The number of carbonyl (C=O) groups excluding carboxylic acids is 2. The highest BCUT2D eigenvalue weighted by molar-refractivity contribution is 5.80. The number of fused-ring (bicyclic) bond motifs is 4. The molecule has 2 bridgehead atoms. The number of carbonyl (C=O) groups is 2. The van der Waals surface area contributed by atoms with Gasteiger partial charge in [-0.25, -0.2) is 0 Å². The number of benzene rings is 1. The van der Waals surface area contributed by atoms with Crippen molar-refractivity contribution >= 4 is 11.8 Å². The lowest BCUT2D eigenvalue weighted by molar-refractivity contribution is -0.160. The Labute approximate surface area is 166 Å². The largest absolute Gasteiger partial charge is 0.393 e. The normalized spacial score (nSPS) is 37.2. The highest BCUT2D eigenvalue weighted by Crippen LogP contribution is 2.43. The summed E-state index contributed by atoms with van der Waals surface area (Å²) >= 11 is 0. The van der Waals surface area contributed by atoms with Crippen molar-refractivity contribution in [1.82, 2.24) is 9.80 Å². The zero-order chi connectivity index (χ0) is 19.3. The maximum atomic E-state index is 13.0. The first kappa shape index (κ1) is 18.2. The van der Waals surface area contributed by atoms with Gasteiger partial charge in [-0.2, -0.15) is 0 Å². The predicted octanol–water partition coefficient (Wildman–Crippen LogP) is 2.23. The molecule has 3 saturated heterocycles. The Morgan fingerprint density at radius 1 is 1.07 bits per heavy atom. The summed E-state index contributed by atoms with van der Waals surface area (Å²) in [7, 11) is 0. The van der Waals surface area contributed by atoms with Gasteiger partial charge in [-0.05, 0) is 55.9 Å². The molecule has 5 nitrogen and oxygen atoms in total. The van der Waals surface area contributed by atoms with Crippen LogP contribution in [0.2, 0.25) is 0 Å². The van der Waals surface area contributed by atoms with Gasteiger partial charge in [-0.3, -0.25) is 9.59 Å². The van der Waals surface area contributed by atoms with Crippen LogP contribution in [0.15, 0.2) is 30.3 Å². The van der Waals surface area contributed by atoms with Crippen LogP contribution in [-0.2, 0) is 16.0 Å². The zero-order valence-corrected chi connectivity index (χ0v) is 16.4. The zero-order valence-electron chi connectivity index (χ0n) is 16.4. The van der Waals surface area contributed by atoms with Gasteiger partial charge in [0, 0.05) is 37.5 Å². The molecule has 0 unspecified atom stereocenters. The molecule has 0 aromatic heterocycles. The topological polar surface area (TPSA) is 60.9 Å². The first-order valence-corrected chi connectivity index (χ1v) is 10.9. The van der Waals surface area contributed by atoms with Crippen molar-refractivity contribution in [2.45, 2.75) is 63.1 Å². The molecule has 150 valence electrons. The summed E-state index contributed by atoms with van der Waals surface area (Å²) in [6.07, 6.45) is 5.66. The minimum atomic E-state index is -0.296. The van der Waals surface area contributed by atoms with Gasteiger partial charge in [0.1, 0.15) is 0 Å². The number of likely N-dealkylation sites (tertiary alicyclic amines) is 1. The molecule has 5 heteroatoms. The molecule has 4 aliphatic rings. The summed E-state index contributed by atoms with van der Waals surface area (Å²) < 4.78 is 0. The summed E-state index contributed by atoms with van der Waals surface area (Å²) in [5.74, 6) is 1.31. The lowest BCUT2D eigenvalue weighted by atomic mass is 9.70. The maximum Gasteiger partial charge on any atom is 0.225 e. The van der Waals surface area contributed by atoms with Gasteiger partial charge >= 0.3 is 0 Å². The Morgan fingerprint density at radius 3 is 2.57 bits per heavy atom. The van der Waals surface area contributed by atoms with Crippen LogP contribution in [0.4, 0.5) is 0 Å². The summed E-state index contributed by atoms with van der Waals surface area (Å²) in [6, 6.07) is 10.9. The molecule has 1 aliphatic carbocycles. The van der Waals surface area contributed by atoms with Crippen LogP contribution in [0.5, 0.6) is 0 Å². The van der Waals surface area contributed by atoms with Crippen LogP contribution in [0.3, 0.4) is 0 Å². The fraction of sp³-hybridized carbons (Fsp3) is 0.652. The van der Waals surface area contributed by atoms with E-state index in [1.54, 1.807) is 0 Å². The molecule has 1 N–H and O–H groups in total. The monoisotopic (exact) mass is 382 g/mol. The number of hydrogen-bond donors (Lipinski definition) is 1. The fourth-order valence-electron chi connectivity index (χ4n) is 6.12. The smallest absolute Gasteiger partial charge is 0.225 e. The van der Waals surface area contributed by atoms with Crippen molar-refractivity contribution in [1.29, 1.82) is 0 Å².